The third-order valence-corrected chi connectivity index (χ3v) is 5.10. The van der Waals surface area contributed by atoms with Gasteiger partial charge in [0.15, 0.2) is 0 Å². The second kappa shape index (κ2) is 7.39. The van der Waals surface area contributed by atoms with E-state index in [4.69, 9.17) is 0 Å². The van der Waals surface area contributed by atoms with Gasteiger partial charge in [0, 0.05) is 24.5 Å². The first-order valence-corrected chi connectivity index (χ1v) is 8.11. The highest BCUT2D eigenvalue weighted by atomic mass is 16.3. The molecular formula is C16H29NO2. The smallest absolute Gasteiger partial charge is 0.127 e. The van der Waals surface area contributed by atoms with Crippen molar-refractivity contribution in [2.75, 3.05) is 19.7 Å². The molecule has 0 aromatic rings. The Morgan fingerprint density at radius 3 is 2.21 bits per heavy atom. The van der Waals surface area contributed by atoms with Gasteiger partial charge in [-0.1, -0.05) is 38.5 Å². The van der Waals surface area contributed by atoms with E-state index in [0.717, 1.165) is 25.9 Å². The standard InChI is InChI=1S/C16H29NO2/c18-12-11-17(15-7-3-4-8-15)13-16(14-19)9-5-1-2-6-10-16/h14-15,18H,1-13H2. The van der Waals surface area contributed by atoms with Gasteiger partial charge in [0.2, 0.25) is 0 Å². The minimum atomic E-state index is -0.131. The van der Waals surface area contributed by atoms with Crippen molar-refractivity contribution >= 4 is 6.29 Å². The van der Waals surface area contributed by atoms with E-state index < -0.39 is 0 Å². The third kappa shape index (κ3) is 4.03. The third-order valence-electron chi connectivity index (χ3n) is 5.10. The molecule has 0 unspecified atom stereocenters. The molecule has 0 radical (unpaired) electrons. The number of hydrogen-bond acceptors (Lipinski definition) is 3. The highest BCUT2D eigenvalue weighted by Crippen LogP contribution is 2.36. The molecule has 2 saturated carbocycles. The molecule has 0 aromatic carbocycles. The minimum absolute atomic E-state index is 0.131. The minimum Gasteiger partial charge on any atom is -0.395 e. The number of aldehydes is 1. The fourth-order valence-corrected chi connectivity index (χ4v) is 3.94. The van der Waals surface area contributed by atoms with Crippen LogP contribution in [0.1, 0.15) is 64.2 Å². The lowest BCUT2D eigenvalue weighted by Crippen LogP contribution is -2.44. The Kier molecular flexibility index (Phi) is 5.83. The van der Waals surface area contributed by atoms with Crippen molar-refractivity contribution in [3.05, 3.63) is 0 Å². The number of hydrogen-bond donors (Lipinski definition) is 1. The van der Waals surface area contributed by atoms with Crippen molar-refractivity contribution in [1.29, 1.82) is 0 Å². The van der Waals surface area contributed by atoms with Gasteiger partial charge in [0.1, 0.15) is 6.29 Å². The van der Waals surface area contributed by atoms with Crippen molar-refractivity contribution in [3.63, 3.8) is 0 Å². The fourth-order valence-electron chi connectivity index (χ4n) is 3.94. The zero-order chi connectivity index (χ0) is 13.6. The predicted molar refractivity (Wildman–Crippen MR) is 77.1 cm³/mol. The molecule has 2 fully saturated rings. The van der Waals surface area contributed by atoms with Crippen molar-refractivity contribution in [1.82, 2.24) is 4.90 Å². The van der Waals surface area contributed by atoms with E-state index >= 15 is 0 Å². The maximum atomic E-state index is 11.7. The van der Waals surface area contributed by atoms with E-state index in [1.54, 1.807) is 0 Å². The van der Waals surface area contributed by atoms with Gasteiger partial charge < -0.3 is 9.90 Å². The lowest BCUT2D eigenvalue weighted by Gasteiger charge is -2.37. The Morgan fingerprint density at radius 2 is 1.68 bits per heavy atom. The lowest BCUT2D eigenvalue weighted by atomic mass is 9.81. The first-order valence-electron chi connectivity index (χ1n) is 8.11. The van der Waals surface area contributed by atoms with Crippen LogP contribution in [-0.4, -0.2) is 42.0 Å². The maximum Gasteiger partial charge on any atom is 0.127 e. The van der Waals surface area contributed by atoms with Crippen molar-refractivity contribution in [3.8, 4) is 0 Å². The van der Waals surface area contributed by atoms with Gasteiger partial charge in [-0.2, -0.15) is 0 Å². The largest absolute Gasteiger partial charge is 0.395 e. The summed E-state index contributed by atoms with van der Waals surface area (Å²) in [6.45, 7) is 1.83. The van der Waals surface area contributed by atoms with Gasteiger partial charge in [0.05, 0.1) is 6.61 Å². The number of aliphatic hydroxyl groups is 1. The second-order valence-corrected chi connectivity index (χ2v) is 6.53. The van der Waals surface area contributed by atoms with Gasteiger partial charge >= 0.3 is 0 Å². The van der Waals surface area contributed by atoms with Crippen LogP contribution in [-0.2, 0) is 4.79 Å². The molecule has 0 aromatic heterocycles. The van der Waals surface area contributed by atoms with Crippen LogP contribution in [0.25, 0.3) is 0 Å². The molecule has 2 aliphatic rings. The van der Waals surface area contributed by atoms with Crippen molar-refractivity contribution in [2.24, 2.45) is 5.41 Å². The molecule has 0 aliphatic heterocycles. The molecule has 3 nitrogen and oxygen atoms in total. The summed E-state index contributed by atoms with van der Waals surface area (Å²) in [5.74, 6) is 0. The molecular weight excluding hydrogens is 238 g/mol. The van der Waals surface area contributed by atoms with Gasteiger partial charge in [-0.25, -0.2) is 0 Å². The topological polar surface area (TPSA) is 40.5 Å². The Labute approximate surface area is 117 Å². The van der Waals surface area contributed by atoms with Crippen LogP contribution in [0.5, 0.6) is 0 Å². The number of rotatable bonds is 6. The highest BCUT2D eigenvalue weighted by molar-refractivity contribution is 5.59. The zero-order valence-electron chi connectivity index (χ0n) is 12.1. The van der Waals surface area contributed by atoms with E-state index in [9.17, 15) is 9.90 Å². The Morgan fingerprint density at radius 1 is 1.05 bits per heavy atom. The molecule has 3 heteroatoms. The van der Waals surface area contributed by atoms with Gasteiger partial charge in [0.25, 0.3) is 0 Å². The normalized spacial score (nSPS) is 24.5. The summed E-state index contributed by atoms with van der Waals surface area (Å²) in [5.41, 5.74) is -0.131. The van der Waals surface area contributed by atoms with Crippen LogP contribution >= 0.6 is 0 Å². The number of aliphatic hydroxyl groups excluding tert-OH is 1. The Hall–Kier alpha value is -0.410. The molecule has 0 spiro atoms. The average Bonchev–Trinajstić information content (AvgIpc) is 2.86. The van der Waals surface area contributed by atoms with E-state index in [2.05, 4.69) is 4.90 Å². The first-order chi connectivity index (χ1) is 9.29. The maximum absolute atomic E-state index is 11.7. The summed E-state index contributed by atoms with van der Waals surface area (Å²) in [4.78, 5) is 14.1. The summed E-state index contributed by atoms with van der Waals surface area (Å²) in [6, 6.07) is 0.604. The molecule has 19 heavy (non-hydrogen) atoms. The van der Waals surface area contributed by atoms with Crippen LogP contribution in [0.15, 0.2) is 0 Å². The molecule has 0 amide bonds. The zero-order valence-corrected chi connectivity index (χ0v) is 12.1. The van der Waals surface area contributed by atoms with Crippen LogP contribution in [0.3, 0.4) is 0 Å². The van der Waals surface area contributed by atoms with Crippen molar-refractivity contribution in [2.45, 2.75) is 70.3 Å². The summed E-state index contributed by atoms with van der Waals surface area (Å²) in [6.07, 6.45) is 13.4. The fraction of sp³-hybridized carbons (Fsp3) is 0.938. The summed E-state index contributed by atoms with van der Waals surface area (Å²) in [7, 11) is 0. The van der Waals surface area contributed by atoms with Gasteiger partial charge in [-0.15, -0.1) is 0 Å². The molecule has 0 saturated heterocycles. The van der Waals surface area contributed by atoms with E-state index in [1.807, 2.05) is 0 Å². The Balaban J connectivity index is 2.01. The lowest BCUT2D eigenvalue weighted by molar-refractivity contribution is -0.118. The van der Waals surface area contributed by atoms with E-state index in [0.29, 0.717) is 6.04 Å². The Bertz CT molecular complexity index is 266. The first kappa shape index (κ1) is 15.0. The molecule has 0 atom stereocenters. The summed E-state index contributed by atoms with van der Waals surface area (Å²) >= 11 is 0. The van der Waals surface area contributed by atoms with E-state index in [-0.39, 0.29) is 12.0 Å². The van der Waals surface area contributed by atoms with Crippen LogP contribution in [0, 0.1) is 5.41 Å². The molecule has 110 valence electrons. The molecule has 2 aliphatic carbocycles. The average molecular weight is 267 g/mol. The molecule has 1 N–H and O–H groups in total. The summed E-state index contributed by atoms with van der Waals surface area (Å²) < 4.78 is 0. The number of nitrogens with zero attached hydrogens (tertiary/aromatic N) is 1. The predicted octanol–water partition coefficient (Wildman–Crippen LogP) is 2.76. The SMILES string of the molecule is O=CC1(CN(CCO)C2CCCC2)CCCCCC1. The molecule has 2 rings (SSSR count). The number of carbonyl (C=O) groups is 1. The van der Waals surface area contributed by atoms with Crippen LogP contribution < -0.4 is 0 Å². The molecule has 0 bridgehead atoms. The number of carbonyl (C=O) groups excluding carboxylic acids is 1. The van der Waals surface area contributed by atoms with Crippen molar-refractivity contribution < 1.29 is 9.90 Å². The molecule has 0 heterocycles. The monoisotopic (exact) mass is 267 g/mol. The van der Waals surface area contributed by atoms with E-state index in [1.165, 1.54) is 57.7 Å². The van der Waals surface area contributed by atoms with Crippen LogP contribution in [0.2, 0.25) is 0 Å². The summed E-state index contributed by atoms with van der Waals surface area (Å²) in [5, 5.41) is 9.31. The van der Waals surface area contributed by atoms with Gasteiger partial charge in [-0.05, 0) is 25.7 Å². The highest BCUT2D eigenvalue weighted by Gasteiger charge is 2.35. The van der Waals surface area contributed by atoms with Gasteiger partial charge in [-0.3, -0.25) is 4.90 Å². The quantitative estimate of drug-likeness (QED) is 0.594. The van der Waals surface area contributed by atoms with Crippen LogP contribution in [0.4, 0.5) is 0 Å². The second-order valence-electron chi connectivity index (χ2n) is 6.53.